The zero-order valence-electron chi connectivity index (χ0n) is 12.1. The van der Waals surface area contributed by atoms with Crippen LogP contribution in [0.3, 0.4) is 0 Å². The lowest BCUT2D eigenvalue weighted by Gasteiger charge is -2.13. The minimum atomic E-state index is 0.0810. The highest BCUT2D eigenvalue weighted by atomic mass is 35.5. The molecule has 0 atom stereocenters. The van der Waals surface area contributed by atoms with Gasteiger partial charge < -0.3 is 5.32 Å². The smallest absolute Gasteiger partial charge is 0.220 e. The number of nitrogens with one attached hydrogen (secondary N) is 1. The van der Waals surface area contributed by atoms with Crippen molar-refractivity contribution < 1.29 is 4.79 Å². The van der Waals surface area contributed by atoms with Crippen molar-refractivity contribution in [3.05, 3.63) is 45.5 Å². The first kappa shape index (κ1) is 16.4. The lowest BCUT2D eigenvalue weighted by Crippen LogP contribution is -2.25. The Bertz CT molecular complexity index is 526. The van der Waals surface area contributed by atoms with Crippen molar-refractivity contribution in [1.82, 2.24) is 5.32 Å². The molecule has 0 saturated carbocycles. The summed E-state index contributed by atoms with van der Waals surface area (Å²) in [5.74, 6) is 0.0810. The highest BCUT2D eigenvalue weighted by Crippen LogP contribution is 2.22. The summed E-state index contributed by atoms with van der Waals surface area (Å²) < 4.78 is 0. The molecular formula is C17H21Cl2NO. The van der Waals surface area contributed by atoms with Crippen molar-refractivity contribution in [2.45, 2.75) is 44.9 Å². The van der Waals surface area contributed by atoms with Crippen LogP contribution in [0.1, 0.15) is 44.1 Å². The number of amides is 1. The number of allylic oxidation sites excluding steroid dienone is 1. The van der Waals surface area contributed by atoms with Crippen LogP contribution in [0.15, 0.2) is 29.8 Å². The molecule has 2 rings (SSSR count). The molecule has 0 heterocycles. The summed E-state index contributed by atoms with van der Waals surface area (Å²) in [4.78, 5) is 11.8. The maximum Gasteiger partial charge on any atom is 0.220 e. The van der Waals surface area contributed by atoms with Crippen LogP contribution in [0.4, 0.5) is 0 Å². The summed E-state index contributed by atoms with van der Waals surface area (Å²) in [7, 11) is 0. The van der Waals surface area contributed by atoms with Gasteiger partial charge in [-0.2, -0.15) is 0 Å². The first-order valence-electron chi connectivity index (χ1n) is 7.53. The SMILES string of the molecule is O=C(CCc1ccc(Cl)cc1Cl)NCCC1=CCCCC1. The molecule has 1 N–H and O–H groups in total. The number of benzene rings is 1. The van der Waals surface area contributed by atoms with Gasteiger partial charge >= 0.3 is 0 Å². The quantitative estimate of drug-likeness (QED) is 0.738. The molecule has 1 aromatic carbocycles. The molecule has 0 fully saturated rings. The zero-order valence-corrected chi connectivity index (χ0v) is 13.6. The fourth-order valence-corrected chi connectivity index (χ4v) is 3.06. The van der Waals surface area contributed by atoms with E-state index in [1.807, 2.05) is 6.07 Å². The molecule has 0 aliphatic heterocycles. The Balaban J connectivity index is 1.68. The molecule has 1 aliphatic rings. The first-order valence-corrected chi connectivity index (χ1v) is 8.29. The van der Waals surface area contributed by atoms with Gasteiger partial charge in [0.05, 0.1) is 0 Å². The summed E-state index contributed by atoms with van der Waals surface area (Å²) in [5.41, 5.74) is 2.45. The first-order chi connectivity index (χ1) is 10.1. The number of hydrogen-bond donors (Lipinski definition) is 1. The minimum Gasteiger partial charge on any atom is -0.356 e. The van der Waals surface area contributed by atoms with E-state index in [2.05, 4.69) is 11.4 Å². The van der Waals surface area contributed by atoms with Crippen molar-refractivity contribution in [3.8, 4) is 0 Å². The zero-order chi connectivity index (χ0) is 15.1. The van der Waals surface area contributed by atoms with Crippen LogP contribution in [-0.4, -0.2) is 12.5 Å². The third-order valence-corrected chi connectivity index (χ3v) is 4.38. The maximum atomic E-state index is 11.8. The second-order valence-electron chi connectivity index (χ2n) is 5.44. The fourth-order valence-electron chi connectivity index (χ4n) is 2.56. The molecule has 21 heavy (non-hydrogen) atoms. The van der Waals surface area contributed by atoms with Crippen LogP contribution in [-0.2, 0) is 11.2 Å². The van der Waals surface area contributed by atoms with Gasteiger partial charge in [-0.05, 0) is 56.2 Å². The largest absolute Gasteiger partial charge is 0.356 e. The van der Waals surface area contributed by atoms with Crippen LogP contribution < -0.4 is 5.32 Å². The Morgan fingerprint density at radius 2 is 2.05 bits per heavy atom. The monoisotopic (exact) mass is 325 g/mol. The molecule has 114 valence electrons. The second kappa shape index (κ2) is 8.45. The molecule has 2 nitrogen and oxygen atoms in total. The Kier molecular flexibility index (Phi) is 6.59. The maximum absolute atomic E-state index is 11.8. The Morgan fingerprint density at radius 1 is 1.19 bits per heavy atom. The molecule has 1 aromatic rings. The second-order valence-corrected chi connectivity index (χ2v) is 6.29. The molecule has 0 saturated heterocycles. The van der Waals surface area contributed by atoms with Gasteiger partial charge in [-0.15, -0.1) is 0 Å². The van der Waals surface area contributed by atoms with Crippen LogP contribution in [0.2, 0.25) is 10.0 Å². The predicted molar refractivity (Wildman–Crippen MR) is 89.0 cm³/mol. The summed E-state index contributed by atoms with van der Waals surface area (Å²) in [6.45, 7) is 0.735. The molecule has 4 heteroatoms. The van der Waals surface area contributed by atoms with E-state index in [9.17, 15) is 4.79 Å². The van der Waals surface area contributed by atoms with Crippen LogP contribution >= 0.6 is 23.2 Å². The molecule has 1 aliphatic carbocycles. The van der Waals surface area contributed by atoms with Gasteiger partial charge in [0.2, 0.25) is 5.91 Å². The number of carbonyl (C=O) groups excluding carboxylic acids is 1. The third kappa shape index (κ3) is 5.72. The van der Waals surface area contributed by atoms with Gasteiger partial charge in [0.1, 0.15) is 0 Å². The van der Waals surface area contributed by atoms with Gasteiger partial charge in [0, 0.05) is 23.0 Å². The number of halogens is 2. The van der Waals surface area contributed by atoms with E-state index >= 15 is 0 Å². The number of aryl methyl sites for hydroxylation is 1. The number of rotatable bonds is 6. The van der Waals surface area contributed by atoms with Crippen LogP contribution in [0.5, 0.6) is 0 Å². The van der Waals surface area contributed by atoms with Crippen molar-refractivity contribution in [2.24, 2.45) is 0 Å². The van der Waals surface area contributed by atoms with Crippen molar-refractivity contribution in [1.29, 1.82) is 0 Å². The Morgan fingerprint density at radius 3 is 2.76 bits per heavy atom. The molecule has 0 radical (unpaired) electrons. The molecule has 0 unspecified atom stereocenters. The summed E-state index contributed by atoms with van der Waals surface area (Å²) in [6.07, 6.45) is 9.38. The van der Waals surface area contributed by atoms with E-state index < -0.39 is 0 Å². The van der Waals surface area contributed by atoms with Gasteiger partial charge in [-0.25, -0.2) is 0 Å². The van der Waals surface area contributed by atoms with Crippen molar-refractivity contribution >= 4 is 29.1 Å². The number of carbonyl (C=O) groups is 1. The lowest BCUT2D eigenvalue weighted by molar-refractivity contribution is -0.121. The van der Waals surface area contributed by atoms with E-state index in [1.54, 1.807) is 12.1 Å². The fraction of sp³-hybridized carbons (Fsp3) is 0.471. The molecular weight excluding hydrogens is 305 g/mol. The van der Waals surface area contributed by atoms with Crippen molar-refractivity contribution in [3.63, 3.8) is 0 Å². The normalized spacial score (nSPS) is 14.7. The number of hydrogen-bond acceptors (Lipinski definition) is 1. The van der Waals surface area contributed by atoms with E-state index in [1.165, 1.54) is 31.3 Å². The highest BCUT2D eigenvalue weighted by Gasteiger charge is 2.07. The van der Waals surface area contributed by atoms with Gasteiger partial charge in [-0.1, -0.05) is 40.9 Å². The Hall–Kier alpha value is -0.990. The average Bonchev–Trinajstić information content (AvgIpc) is 2.47. The van der Waals surface area contributed by atoms with E-state index in [-0.39, 0.29) is 5.91 Å². The third-order valence-electron chi connectivity index (χ3n) is 3.79. The summed E-state index contributed by atoms with van der Waals surface area (Å²) in [5, 5.41) is 4.23. The van der Waals surface area contributed by atoms with E-state index in [0.29, 0.717) is 22.9 Å². The van der Waals surface area contributed by atoms with Gasteiger partial charge in [0.15, 0.2) is 0 Å². The highest BCUT2D eigenvalue weighted by molar-refractivity contribution is 6.35. The predicted octanol–water partition coefficient (Wildman–Crippen LogP) is 4.93. The summed E-state index contributed by atoms with van der Waals surface area (Å²) in [6, 6.07) is 5.40. The van der Waals surface area contributed by atoms with E-state index in [0.717, 1.165) is 18.5 Å². The van der Waals surface area contributed by atoms with Gasteiger partial charge in [0.25, 0.3) is 0 Å². The summed E-state index contributed by atoms with van der Waals surface area (Å²) >= 11 is 11.9. The van der Waals surface area contributed by atoms with Gasteiger partial charge in [-0.3, -0.25) is 4.79 Å². The van der Waals surface area contributed by atoms with E-state index in [4.69, 9.17) is 23.2 Å². The molecule has 0 aromatic heterocycles. The average molecular weight is 326 g/mol. The van der Waals surface area contributed by atoms with Crippen molar-refractivity contribution in [2.75, 3.05) is 6.54 Å². The molecule has 1 amide bonds. The standard InChI is InChI=1S/C17H21Cl2NO/c18-15-8-6-14(16(19)12-15)7-9-17(21)20-11-10-13-4-2-1-3-5-13/h4,6,8,12H,1-3,5,7,9-11H2,(H,20,21). The molecule has 0 bridgehead atoms. The minimum absolute atomic E-state index is 0.0810. The van der Waals surface area contributed by atoms with Crippen LogP contribution in [0.25, 0.3) is 0 Å². The van der Waals surface area contributed by atoms with Crippen LogP contribution in [0, 0.1) is 0 Å². The topological polar surface area (TPSA) is 29.1 Å². The molecule has 0 spiro atoms. The lowest BCUT2D eigenvalue weighted by atomic mass is 9.97. The Labute approximate surface area is 136 Å².